The SMILES string of the molecule is O=C(O)C/C=C\CO. The molecule has 0 fully saturated rings. The van der Waals surface area contributed by atoms with E-state index in [9.17, 15) is 4.79 Å². The molecule has 2 N–H and O–H groups in total. The minimum absolute atomic E-state index is 0.0133. The molecule has 0 aliphatic rings. The first-order valence-electron chi connectivity index (χ1n) is 2.25. The fraction of sp³-hybridized carbons (Fsp3) is 0.400. The van der Waals surface area contributed by atoms with Crippen LogP contribution in [-0.2, 0) is 4.79 Å². The van der Waals surface area contributed by atoms with Crippen LogP contribution in [-0.4, -0.2) is 22.8 Å². The molecule has 0 amide bonds. The molecule has 0 saturated heterocycles. The Hall–Kier alpha value is -0.830. The zero-order valence-corrected chi connectivity index (χ0v) is 4.37. The normalized spacial score (nSPS) is 10.1. The van der Waals surface area contributed by atoms with Gasteiger partial charge in [0.15, 0.2) is 0 Å². The maximum absolute atomic E-state index is 9.74. The van der Waals surface area contributed by atoms with Crippen molar-refractivity contribution in [1.82, 2.24) is 0 Å². The number of carbonyl (C=O) groups is 1. The minimum Gasteiger partial charge on any atom is -0.481 e. The molecule has 0 aliphatic carbocycles. The zero-order chi connectivity index (χ0) is 6.41. The molecule has 0 bridgehead atoms. The fourth-order valence-corrected chi connectivity index (χ4v) is 0.259. The largest absolute Gasteiger partial charge is 0.481 e. The highest BCUT2D eigenvalue weighted by Crippen LogP contribution is 1.79. The number of hydrogen-bond donors (Lipinski definition) is 2. The molecule has 0 aliphatic heterocycles. The molecule has 0 saturated carbocycles. The number of aliphatic carboxylic acids is 1. The molecular formula is C5H8O3. The summed E-state index contributed by atoms with van der Waals surface area (Å²) in [6, 6.07) is 0. The zero-order valence-electron chi connectivity index (χ0n) is 4.37. The topological polar surface area (TPSA) is 57.5 Å². The van der Waals surface area contributed by atoms with E-state index < -0.39 is 5.97 Å². The Morgan fingerprint density at radius 1 is 1.50 bits per heavy atom. The molecule has 46 valence electrons. The second-order valence-electron chi connectivity index (χ2n) is 1.25. The van der Waals surface area contributed by atoms with Crippen LogP contribution in [0.15, 0.2) is 12.2 Å². The lowest BCUT2D eigenvalue weighted by Gasteiger charge is -1.79. The van der Waals surface area contributed by atoms with E-state index in [1.54, 1.807) is 0 Å². The third-order valence-corrected chi connectivity index (χ3v) is 0.565. The van der Waals surface area contributed by atoms with Crippen molar-refractivity contribution in [3.05, 3.63) is 12.2 Å². The van der Waals surface area contributed by atoms with Gasteiger partial charge in [0.05, 0.1) is 13.0 Å². The van der Waals surface area contributed by atoms with Crippen molar-refractivity contribution in [3.8, 4) is 0 Å². The lowest BCUT2D eigenvalue weighted by Crippen LogP contribution is -1.89. The Bertz CT molecular complexity index is 95.8. The minimum atomic E-state index is -0.880. The molecular weight excluding hydrogens is 108 g/mol. The van der Waals surface area contributed by atoms with Gasteiger partial charge in [-0.05, 0) is 0 Å². The third-order valence-electron chi connectivity index (χ3n) is 0.565. The lowest BCUT2D eigenvalue weighted by molar-refractivity contribution is -0.136. The van der Waals surface area contributed by atoms with Crippen molar-refractivity contribution in [2.45, 2.75) is 6.42 Å². The Balaban J connectivity index is 3.16. The van der Waals surface area contributed by atoms with Gasteiger partial charge < -0.3 is 10.2 Å². The first-order chi connectivity index (χ1) is 3.77. The van der Waals surface area contributed by atoms with Crippen molar-refractivity contribution in [3.63, 3.8) is 0 Å². The highest BCUT2D eigenvalue weighted by atomic mass is 16.4. The number of carboxylic acid groups (broad SMARTS) is 1. The average Bonchev–Trinajstić information content (AvgIpc) is 1.66. The first kappa shape index (κ1) is 7.17. The molecule has 3 nitrogen and oxygen atoms in total. The van der Waals surface area contributed by atoms with Crippen LogP contribution in [0.1, 0.15) is 6.42 Å². The van der Waals surface area contributed by atoms with E-state index in [1.165, 1.54) is 12.2 Å². The van der Waals surface area contributed by atoms with Crippen molar-refractivity contribution in [1.29, 1.82) is 0 Å². The van der Waals surface area contributed by atoms with Gasteiger partial charge in [-0.2, -0.15) is 0 Å². The number of carboxylic acids is 1. The first-order valence-corrected chi connectivity index (χ1v) is 2.25. The number of rotatable bonds is 3. The van der Waals surface area contributed by atoms with Gasteiger partial charge in [-0.1, -0.05) is 12.2 Å². The maximum atomic E-state index is 9.74. The Labute approximate surface area is 47.3 Å². The third kappa shape index (κ3) is 5.17. The summed E-state index contributed by atoms with van der Waals surface area (Å²) in [5.41, 5.74) is 0. The van der Waals surface area contributed by atoms with Crippen LogP contribution in [0.5, 0.6) is 0 Å². The van der Waals surface area contributed by atoms with E-state index >= 15 is 0 Å². The summed E-state index contributed by atoms with van der Waals surface area (Å²) in [6.45, 7) is -0.0900. The van der Waals surface area contributed by atoms with Gasteiger partial charge in [0.1, 0.15) is 0 Å². The van der Waals surface area contributed by atoms with E-state index in [1.807, 2.05) is 0 Å². The molecule has 3 heteroatoms. The van der Waals surface area contributed by atoms with Crippen LogP contribution < -0.4 is 0 Å². The summed E-state index contributed by atoms with van der Waals surface area (Å²) in [6.07, 6.45) is 2.79. The van der Waals surface area contributed by atoms with Crippen LogP contribution in [0.3, 0.4) is 0 Å². The molecule has 0 aromatic heterocycles. The Kier molecular flexibility index (Phi) is 3.88. The summed E-state index contributed by atoms with van der Waals surface area (Å²) in [4.78, 5) is 9.74. The van der Waals surface area contributed by atoms with Crippen LogP contribution in [0.25, 0.3) is 0 Å². The summed E-state index contributed by atoms with van der Waals surface area (Å²) in [5.74, 6) is -0.880. The van der Waals surface area contributed by atoms with Gasteiger partial charge in [-0.15, -0.1) is 0 Å². The van der Waals surface area contributed by atoms with Crippen molar-refractivity contribution in [2.75, 3.05) is 6.61 Å². The summed E-state index contributed by atoms with van der Waals surface area (Å²) in [5, 5.41) is 16.1. The maximum Gasteiger partial charge on any atom is 0.307 e. The molecule has 0 spiro atoms. The van der Waals surface area contributed by atoms with E-state index in [0.717, 1.165) is 0 Å². The van der Waals surface area contributed by atoms with Crippen LogP contribution in [0.2, 0.25) is 0 Å². The standard InChI is InChI=1S/C5H8O3/c6-4-2-1-3-5(7)8/h1-2,6H,3-4H2,(H,7,8)/b2-1-. The van der Waals surface area contributed by atoms with Gasteiger partial charge in [-0.3, -0.25) is 4.79 Å². The van der Waals surface area contributed by atoms with Gasteiger partial charge in [-0.25, -0.2) is 0 Å². The highest BCUT2D eigenvalue weighted by Gasteiger charge is 1.86. The average molecular weight is 116 g/mol. The van der Waals surface area contributed by atoms with Gasteiger partial charge in [0.25, 0.3) is 0 Å². The Morgan fingerprint density at radius 3 is 2.50 bits per heavy atom. The smallest absolute Gasteiger partial charge is 0.307 e. The number of aliphatic hydroxyl groups excluding tert-OH is 1. The molecule has 0 atom stereocenters. The van der Waals surface area contributed by atoms with Crippen molar-refractivity contribution < 1.29 is 15.0 Å². The second-order valence-corrected chi connectivity index (χ2v) is 1.25. The molecule has 0 unspecified atom stereocenters. The predicted molar refractivity (Wildman–Crippen MR) is 28.5 cm³/mol. The molecule has 8 heavy (non-hydrogen) atoms. The van der Waals surface area contributed by atoms with E-state index in [2.05, 4.69) is 0 Å². The summed E-state index contributed by atoms with van der Waals surface area (Å²) >= 11 is 0. The van der Waals surface area contributed by atoms with Crippen molar-refractivity contribution in [2.24, 2.45) is 0 Å². The quantitative estimate of drug-likeness (QED) is 0.510. The van der Waals surface area contributed by atoms with E-state index in [0.29, 0.717) is 0 Å². The van der Waals surface area contributed by atoms with Crippen LogP contribution >= 0.6 is 0 Å². The Morgan fingerprint density at radius 2 is 2.12 bits per heavy atom. The highest BCUT2D eigenvalue weighted by molar-refractivity contribution is 5.68. The fourth-order valence-electron chi connectivity index (χ4n) is 0.259. The molecule has 0 aromatic carbocycles. The van der Waals surface area contributed by atoms with Gasteiger partial charge in [0, 0.05) is 0 Å². The van der Waals surface area contributed by atoms with Crippen LogP contribution in [0, 0.1) is 0 Å². The lowest BCUT2D eigenvalue weighted by atomic mass is 10.4. The molecule has 0 rings (SSSR count). The van der Waals surface area contributed by atoms with Crippen molar-refractivity contribution >= 4 is 5.97 Å². The monoisotopic (exact) mass is 116 g/mol. The van der Waals surface area contributed by atoms with E-state index in [-0.39, 0.29) is 13.0 Å². The van der Waals surface area contributed by atoms with E-state index in [4.69, 9.17) is 10.2 Å². The van der Waals surface area contributed by atoms with Gasteiger partial charge >= 0.3 is 5.97 Å². The summed E-state index contributed by atoms with van der Waals surface area (Å²) in [7, 11) is 0. The molecule has 0 aromatic rings. The molecule has 0 radical (unpaired) electrons. The van der Waals surface area contributed by atoms with Crippen LogP contribution in [0.4, 0.5) is 0 Å². The number of aliphatic hydroxyl groups is 1. The summed E-state index contributed by atoms with van der Waals surface area (Å²) < 4.78 is 0. The molecule has 0 heterocycles. The predicted octanol–water partition coefficient (Wildman–Crippen LogP) is 0.00960. The van der Waals surface area contributed by atoms with Gasteiger partial charge in [0.2, 0.25) is 0 Å². The second kappa shape index (κ2) is 4.33. The number of hydrogen-bond acceptors (Lipinski definition) is 2.